The first-order valence-electron chi connectivity index (χ1n) is 5.77. The number of carbonyl (C=O) groups excluding carboxylic acids is 1. The Morgan fingerprint density at radius 2 is 1.94 bits per heavy atom. The summed E-state index contributed by atoms with van der Waals surface area (Å²) in [7, 11) is 5.26. The second-order valence-electron chi connectivity index (χ2n) is 4.71. The number of hydrogen-bond acceptors (Lipinski definition) is 4. The van der Waals surface area contributed by atoms with E-state index in [1.165, 1.54) is 0 Å². The molecule has 5 nitrogen and oxygen atoms in total. The van der Waals surface area contributed by atoms with Gasteiger partial charge in [-0.05, 0) is 0 Å². The van der Waals surface area contributed by atoms with Crippen LogP contribution in [0.2, 0.25) is 5.15 Å². The number of aromatic nitrogens is 2. The minimum Gasteiger partial charge on any atom is -0.350 e. The van der Waals surface area contributed by atoms with Crippen LogP contribution in [0.15, 0.2) is 6.07 Å². The van der Waals surface area contributed by atoms with Gasteiger partial charge in [-0.25, -0.2) is 9.97 Å². The fourth-order valence-electron chi connectivity index (χ4n) is 1.30. The van der Waals surface area contributed by atoms with Crippen molar-refractivity contribution in [2.75, 3.05) is 32.6 Å². The summed E-state index contributed by atoms with van der Waals surface area (Å²) in [4.78, 5) is 23.5. The third-order valence-corrected chi connectivity index (χ3v) is 2.67. The first-order chi connectivity index (χ1) is 8.31. The number of hydrogen-bond donors (Lipinski definition) is 0. The summed E-state index contributed by atoms with van der Waals surface area (Å²) in [6.07, 6.45) is 0. The molecule has 0 saturated carbocycles. The molecule has 0 spiro atoms. The van der Waals surface area contributed by atoms with E-state index in [4.69, 9.17) is 11.6 Å². The Bertz CT molecular complexity index is 434. The van der Waals surface area contributed by atoms with Crippen LogP contribution < -0.4 is 4.90 Å². The quantitative estimate of drug-likeness (QED) is 0.783. The summed E-state index contributed by atoms with van der Waals surface area (Å²) in [5.41, 5.74) is 0. The molecule has 100 valence electrons. The Morgan fingerprint density at radius 1 is 1.33 bits per heavy atom. The molecule has 0 aliphatic rings. The molecule has 0 fully saturated rings. The van der Waals surface area contributed by atoms with E-state index in [1.54, 1.807) is 30.0 Å². The van der Waals surface area contributed by atoms with Crippen molar-refractivity contribution >= 4 is 23.3 Å². The van der Waals surface area contributed by atoms with Crippen LogP contribution in [0.3, 0.4) is 0 Å². The second kappa shape index (κ2) is 6.00. The van der Waals surface area contributed by atoms with Gasteiger partial charge in [0.25, 0.3) is 0 Å². The maximum atomic E-state index is 11.6. The lowest BCUT2D eigenvalue weighted by molar-refractivity contribution is -0.127. The Morgan fingerprint density at radius 3 is 2.44 bits per heavy atom. The van der Waals surface area contributed by atoms with Crippen LogP contribution in [0.5, 0.6) is 0 Å². The Labute approximate surface area is 113 Å². The number of rotatable bonds is 4. The molecule has 1 aromatic heterocycles. The molecule has 0 saturated heterocycles. The Balaban J connectivity index is 2.92. The van der Waals surface area contributed by atoms with E-state index in [0.717, 1.165) is 0 Å². The molecule has 0 aliphatic carbocycles. The molecule has 0 bridgehead atoms. The molecule has 0 unspecified atom stereocenters. The molecule has 0 atom stereocenters. The minimum atomic E-state index is 0.0123. The van der Waals surface area contributed by atoms with Crippen LogP contribution in [-0.2, 0) is 4.79 Å². The minimum absolute atomic E-state index is 0.0123. The van der Waals surface area contributed by atoms with Crippen molar-refractivity contribution in [2.45, 2.75) is 19.8 Å². The zero-order valence-electron chi connectivity index (χ0n) is 11.4. The molecule has 18 heavy (non-hydrogen) atoms. The molecule has 0 aliphatic heterocycles. The second-order valence-corrected chi connectivity index (χ2v) is 5.09. The van der Waals surface area contributed by atoms with Gasteiger partial charge in [0, 0.05) is 33.1 Å². The summed E-state index contributed by atoms with van der Waals surface area (Å²) in [5.74, 6) is 1.55. The van der Waals surface area contributed by atoms with Crippen LogP contribution in [-0.4, -0.2) is 48.5 Å². The molecule has 0 radical (unpaired) electrons. The van der Waals surface area contributed by atoms with Gasteiger partial charge in [0.15, 0.2) is 0 Å². The van der Waals surface area contributed by atoms with Gasteiger partial charge in [-0.3, -0.25) is 4.79 Å². The van der Waals surface area contributed by atoms with E-state index >= 15 is 0 Å². The number of carbonyl (C=O) groups is 1. The maximum Gasteiger partial charge on any atom is 0.241 e. The Kier molecular flexibility index (Phi) is 4.90. The van der Waals surface area contributed by atoms with Crippen molar-refractivity contribution < 1.29 is 4.79 Å². The molecule has 1 heterocycles. The van der Waals surface area contributed by atoms with Gasteiger partial charge in [0.2, 0.25) is 5.91 Å². The third-order valence-electron chi connectivity index (χ3n) is 2.48. The molecule has 6 heteroatoms. The Hall–Kier alpha value is -1.36. The van der Waals surface area contributed by atoms with Crippen molar-refractivity contribution in [1.82, 2.24) is 14.9 Å². The molecule has 1 amide bonds. The number of nitrogens with zero attached hydrogens (tertiary/aromatic N) is 4. The fourth-order valence-corrected chi connectivity index (χ4v) is 1.49. The monoisotopic (exact) mass is 270 g/mol. The zero-order chi connectivity index (χ0) is 13.9. The average Bonchev–Trinajstić information content (AvgIpc) is 2.27. The van der Waals surface area contributed by atoms with E-state index in [9.17, 15) is 4.79 Å². The van der Waals surface area contributed by atoms with Crippen molar-refractivity contribution in [3.63, 3.8) is 0 Å². The van der Waals surface area contributed by atoms with Crippen LogP contribution >= 0.6 is 11.6 Å². The largest absolute Gasteiger partial charge is 0.350 e. The first-order valence-corrected chi connectivity index (χ1v) is 6.14. The molecule has 1 aromatic rings. The van der Waals surface area contributed by atoms with E-state index in [-0.39, 0.29) is 18.4 Å². The molecular formula is C12H19ClN4O. The van der Waals surface area contributed by atoms with Gasteiger partial charge in [-0.15, -0.1) is 0 Å². The van der Waals surface area contributed by atoms with Gasteiger partial charge in [-0.1, -0.05) is 25.4 Å². The van der Waals surface area contributed by atoms with Crippen molar-refractivity contribution in [2.24, 2.45) is 0 Å². The van der Waals surface area contributed by atoms with E-state index in [1.807, 2.05) is 20.9 Å². The normalized spacial score (nSPS) is 10.6. The summed E-state index contributed by atoms with van der Waals surface area (Å²) < 4.78 is 0. The number of halogens is 1. The lowest BCUT2D eigenvalue weighted by Gasteiger charge is -2.21. The lowest BCUT2D eigenvalue weighted by Crippen LogP contribution is -2.34. The highest BCUT2D eigenvalue weighted by molar-refractivity contribution is 6.29. The SMILES string of the molecule is CC(C)c1nc(Cl)cc(N(C)CC(=O)N(C)C)n1. The molecule has 0 aromatic carbocycles. The fraction of sp³-hybridized carbons (Fsp3) is 0.583. The molecular weight excluding hydrogens is 252 g/mol. The zero-order valence-corrected chi connectivity index (χ0v) is 12.2. The van der Waals surface area contributed by atoms with Gasteiger partial charge in [0.1, 0.15) is 16.8 Å². The maximum absolute atomic E-state index is 11.6. The van der Waals surface area contributed by atoms with Crippen molar-refractivity contribution in [3.8, 4) is 0 Å². The number of likely N-dealkylation sites (N-methyl/N-ethyl adjacent to an activating group) is 2. The highest BCUT2D eigenvalue weighted by Gasteiger charge is 2.13. The van der Waals surface area contributed by atoms with Crippen molar-refractivity contribution in [1.29, 1.82) is 0 Å². The topological polar surface area (TPSA) is 49.3 Å². The van der Waals surface area contributed by atoms with Gasteiger partial charge < -0.3 is 9.80 Å². The van der Waals surface area contributed by atoms with E-state index in [0.29, 0.717) is 16.8 Å². The predicted molar refractivity (Wildman–Crippen MR) is 73.1 cm³/mol. The highest BCUT2D eigenvalue weighted by atomic mass is 35.5. The molecule has 0 N–H and O–H groups in total. The number of amides is 1. The van der Waals surface area contributed by atoms with Gasteiger partial charge >= 0.3 is 0 Å². The van der Waals surface area contributed by atoms with E-state index < -0.39 is 0 Å². The van der Waals surface area contributed by atoms with Gasteiger partial charge in [0.05, 0.1) is 6.54 Å². The van der Waals surface area contributed by atoms with Gasteiger partial charge in [-0.2, -0.15) is 0 Å². The summed E-state index contributed by atoms with van der Waals surface area (Å²) >= 11 is 5.96. The van der Waals surface area contributed by atoms with Crippen LogP contribution in [0.1, 0.15) is 25.6 Å². The lowest BCUT2D eigenvalue weighted by atomic mass is 10.2. The molecule has 1 rings (SSSR count). The van der Waals surface area contributed by atoms with Crippen LogP contribution in [0, 0.1) is 0 Å². The third kappa shape index (κ3) is 3.84. The predicted octanol–water partition coefficient (Wildman–Crippen LogP) is 1.78. The first kappa shape index (κ1) is 14.7. The summed E-state index contributed by atoms with van der Waals surface area (Å²) in [6, 6.07) is 1.66. The highest BCUT2D eigenvalue weighted by Crippen LogP contribution is 2.19. The van der Waals surface area contributed by atoms with Crippen LogP contribution in [0.25, 0.3) is 0 Å². The summed E-state index contributed by atoms with van der Waals surface area (Å²) in [6.45, 7) is 4.26. The smallest absolute Gasteiger partial charge is 0.241 e. The number of anilines is 1. The van der Waals surface area contributed by atoms with Crippen molar-refractivity contribution in [3.05, 3.63) is 17.0 Å². The van der Waals surface area contributed by atoms with E-state index in [2.05, 4.69) is 9.97 Å². The average molecular weight is 271 g/mol. The summed E-state index contributed by atoms with van der Waals surface area (Å²) in [5, 5.41) is 0.396. The van der Waals surface area contributed by atoms with Crippen LogP contribution in [0.4, 0.5) is 5.82 Å². The standard InChI is InChI=1S/C12H19ClN4O/c1-8(2)12-14-9(13)6-10(15-12)17(5)7-11(18)16(3)4/h6,8H,7H2,1-5H3.